The Labute approximate surface area is 66.8 Å². The largest absolute Gasteiger partial charge is 0.480 e. The average Bonchev–Trinajstić information content (AvgIpc) is 1.99. The molecule has 0 aromatic heterocycles. The van der Waals surface area contributed by atoms with Gasteiger partial charge in [-0.05, 0) is 19.9 Å². The lowest BCUT2D eigenvalue weighted by Crippen LogP contribution is -2.38. The summed E-state index contributed by atoms with van der Waals surface area (Å²) < 4.78 is 0. The molecule has 0 saturated heterocycles. The second-order valence-corrected chi connectivity index (χ2v) is 2.57. The average molecular weight is 160 g/mol. The van der Waals surface area contributed by atoms with Gasteiger partial charge in [-0.2, -0.15) is 0 Å². The number of nitrogens with one attached hydrogen (secondary N) is 1. The minimum Gasteiger partial charge on any atom is -0.480 e. The molecule has 0 aromatic carbocycles. The third kappa shape index (κ3) is 3.95. The van der Waals surface area contributed by atoms with Crippen LogP contribution in [0.2, 0.25) is 0 Å². The van der Waals surface area contributed by atoms with Gasteiger partial charge in [0, 0.05) is 6.04 Å². The summed E-state index contributed by atoms with van der Waals surface area (Å²) in [7, 11) is 1.81. The van der Waals surface area contributed by atoms with Crippen molar-refractivity contribution in [2.45, 2.75) is 31.8 Å². The lowest BCUT2D eigenvalue weighted by atomic mass is 10.1. The Morgan fingerprint density at radius 1 is 1.73 bits per heavy atom. The molecule has 66 valence electrons. The minimum absolute atomic E-state index is 0.209. The summed E-state index contributed by atoms with van der Waals surface area (Å²) in [5.41, 5.74) is 5.33. The highest BCUT2D eigenvalue weighted by atomic mass is 16.4. The van der Waals surface area contributed by atoms with Gasteiger partial charge in [0.1, 0.15) is 6.04 Å². The van der Waals surface area contributed by atoms with Crippen molar-refractivity contribution in [3.8, 4) is 0 Å². The summed E-state index contributed by atoms with van der Waals surface area (Å²) in [6.07, 6.45) is 1.39. The molecule has 11 heavy (non-hydrogen) atoms. The first-order valence-corrected chi connectivity index (χ1v) is 3.77. The highest BCUT2D eigenvalue weighted by molar-refractivity contribution is 5.73. The van der Waals surface area contributed by atoms with E-state index in [-0.39, 0.29) is 6.04 Å². The quantitative estimate of drug-likeness (QED) is 0.520. The first kappa shape index (κ1) is 10.4. The fourth-order valence-electron chi connectivity index (χ4n) is 0.896. The molecule has 0 heterocycles. The number of carbonyl (C=O) groups is 1. The van der Waals surface area contributed by atoms with Crippen LogP contribution in [0.4, 0.5) is 0 Å². The van der Waals surface area contributed by atoms with Gasteiger partial charge in [0.2, 0.25) is 0 Å². The maximum absolute atomic E-state index is 10.3. The summed E-state index contributed by atoms with van der Waals surface area (Å²) in [6, 6.07) is -0.534. The van der Waals surface area contributed by atoms with Crippen LogP contribution in [-0.4, -0.2) is 30.2 Å². The van der Waals surface area contributed by atoms with Crippen molar-refractivity contribution in [1.82, 2.24) is 5.32 Å². The number of rotatable bonds is 5. The Morgan fingerprint density at radius 3 is 2.55 bits per heavy atom. The molecule has 0 fully saturated rings. The van der Waals surface area contributed by atoms with Crippen LogP contribution < -0.4 is 11.1 Å². The van der Waals surface area contributed by atoms with E-state index in [4.69, 9.17) is 10.8 Å². The summed E-state index contributed by atoms with van der Waals surface area (Å²) in [5, 5.41) is 11.5. The number of hydrogen-bond acceptors (Lipinski definition) is 3. The Bertz CT molecular complexity index is 124. The van der Waals surface area contributed by atoms with Crippen molar-refractivity contribution in [3.05, 3.63) is 0 Å². The van der Waals surface area contributed by atoms with Crippen LogP contribution in [0.1, 0.15) is 19.8 Å². The first-order valence-electron chi connectivity index (χ1n) is 3.77. The Kier molecular flexibility index (Phi) is 4.81. The minimum atomic E-state index is -0.932. The van der Waals surface area contributed by atoms with Crippen LogP contribution in [0.5, 0.6) is 0 Å². The number of hydrogen-bond donors (Lipinski definition) is 3. The van der Waals surface area contributed by atoms with Crippen LogP contribution in [0.15, 0.2) is 0 Å². The van der Waals surface area contributed by atoms with E-state index in [1.807, 2.05) is 14.0 Å². The highest BCUT2D eigenvalue weighted by Gasteiger charge is 2.15. The van der Waals surface area contributed by atoms with Crippen LogP contribution >= 0.6 is 0 Å². The second kappa shape index (κ2) is 5.09. The van der Waals surface area contributed by atoms with Gasteiger partial charge in [-0.15, -0.1) is 0 Å². The highest BCUT2D eigenvalue weighted by Crippen LogP contribution is 1.99. The van der Waals surface area contributed by atoms with E-state index in [1.54, 1.807) is 0 Å². The summed E-state index contributed by atoms with van der Waals surface area (Å²) in [4.78, 5) is 10.3. The molecule has 0 amide bonds. The topological polar surface area (TPSA) is 75.4 Å². The summed E-state index contributed by atoms with van der Waals surface area (Å²) in [5.74, 6) is -0.932. The monoisotopic (exact) mass is 160 g/mol. The van der Waals surface area contributed by atoms with Crippen molar-refractivity contribution in [2.24, 2.45) is 5.73 Å². The Hall–Kier alpha value is -0.610. The molecule has 0 rings (SSSR count). The maximum Gasteiger partial charge on any atom is 0.320 e. The van der Waals surface area contributed by atoms with E-state index in [0.717, 1.165) is 6.42 Å². The zero-order valence-electron chi connectivity index (χ0n) is 7.00. The lowest BCUT2D eigenvalue weighted by molar-refractivity contribution is -0.138. The predicted octanol–water partition coefficient (Wildman–Crippen LogP) is -0.214. The molecule has 4 heteroatoms. The number of carboxylic acid groups (broad SMARTS) is 1. The van der Waals surface area contributed by atoms with Gasteiger partial charge in [-0.3, -0.25) is 4.79 Å². The van der Waals surface area contributed by atoms with Gasteiger partial charge in [0.05, 0.1) is 0 Å². The third-order valence-corrected chi connectivity index (χ3v) is 1.76. The zero-order valence-corrected chi connectivity index (χ0v) is 7.00. The van der Waals surface area contributed by atoms with Crippen molar-refractivity contribution < 1.29 is 9.90 Å². The van der Waals surface area contributed by atoms with Gasteiger partial charge in [-0.25, -0.2) is 0 Å². The van der Waals surface area contributed by atoms with Crippen molar-refractivity contribution in [2.75, 3.05) is 7.05 Å². The molecular formula is C7H16N2O2. The molecule has 0 spiro atoms. The van der Waals surface area contributed by atoms with Crippen molar-refractivity contribution in [3.63, 3.8) is 0 Å². The molecule has 2 unspecified atom stereocenters. The Morgan fingerprint density at radius 2 is 2.27 bits per heavy atom. The van der Waals surface area contributed by atoms with Gasteiger partial charge in [0.15, 0.2) is 0 Å². The van der Waals surface area contributed by atoms with Gasteiger partial charge >= 0.3 is 5.97 Å². The summed E-state index contributed by atoms with van der Waals surface area (Å²) >= 11 is 0. The van der Waals surface area contributed by atoms with Gasteiger partial charge in [0.25, 0.3) is 0 Å². The molecule has 4 N–H and O–H groups in total. The molecule has 0 aliphatic rings. The summed E-state index contributed by atoms with van der Waals surface area (Å²) in [6.45, 7) is 2.00. The van der Waals surface area contributed by atoms with Gasteiger partial charge < -0.3 is 16.2 Å². The van der Waals surface area contributed by atoms with Crippen molar-refractivity contribution in [1.29, 1.82) is 0 Å². The standard InChI is InChI=1S/C7H16N2O2/c1-3-5(9-2)4-6(8)7(10)11/h5-6,9H,3-4,8H2,1-2H3,(H,10,11). The van der Waals surface area contributed by atoms with E-state index in [2.05, 4.69) is 5.32 Å². The fourth-order valence-corrected chi connectivity index (χ4v) is 0.896. The normalized spacial score (nSPS) is 15.9. The number of carboxylic acids is 1. The fraction of sp³-hybridized carbons (Fsp3) is 0.857. The molecule has 4 nitrogen and oxygen atoms in total. The zero-order chi connectivity index (χ0) is 8.85. The van der Waals surface area contributed by atoms with Crippen molar-refractivity contribution >= 4 is 5.97 Å². The molecule has 0 aliphatic heterocycles. The molecule has 0 aliphatic carbocycles. The van der Waals surface area contributed by atoms with E-state index < -0.39 is 12.0 Å². The molecule has 0 aromatic rings. The van der Waals surface area contributed by atoms with Crippen LogP contribution in [0, 0.1) is 0 Å². The molecule has 0 saturated carbocycles. The van der Waals surface area contributed by atoms with Gasteiger partial charge in [-0.1, -0.05) is 6.92 Å². The van der Waals surface area contributed by atoms with E-state index in [1.165, 1.54) is 0 Å². The first-order chi connectivity index (χ1) is 5.11. The SMILES string of the molecule is CCC(CC(N)C(=O)O)NC. The van der Waals surface area contributed by atoms with E-state index in [9.17, 15) is 4.79 Å². The van der Waals surface area contributed by atoms with E-state index in [0.29, 0.717) is 6.42 Å². The molecule has 0 radical (unpaired) electrons. The third-order valence-electron chi connectivity index (χ3n) is 1.76. The molecular weight excluding hydrogens is 144 g/mol. The second-order valence-electron chi connectivity index (χ2n) is 2.57. The lowest BCUT2D eigenvalue weighted by Gasteiger charge is -2.15. The predicted molar refractivity (Wildman–Crippen MR) is 43.4 cm³/mol. The van der Waals surface area contributed by atoms with Crippen LogP contribution in [0.3, 0.4) is 0 Å². The molecule has 2 atom stereocenters. The Balaban J connectivity index is 3.71. The number of nitrogens with two attached hydrogens (primary N) is 1. The van der Waals surface area contributed by atoms with Crippen LogP contribution in [-0.2, 0) is 4.79 Å². The number of aliphatic carboxylic acids is 1. The maximum atomic E-state index is 10.3. The van der Waals surface area contributed by atoms with E-state index >= 15 is 0 Å². The van der Waals surface area contributed by atoms with Crippen LogP contribution in [0.25, 0.3) is 0 Å². The smallest absolute Gasteiger partial charge is 0.320 e. The molecule has 0 bridgehead atoms.